The van der Waals surface area contributed by atoms with E-state index in [-0.39, 0.29) is 5.41 Å². The van der Waals surface area contributed by atoms with Crippen molar-refractivity contribution in [1.82, 2.24) is 0 Å². The molecule has 0 aliphatic rings. The molecule has 18 heavy (non-hydrogen) atoms. The molecular weight excluding hydrogens is 295 g/mol. The van der Waals surface area contributed by atoms with Gasteiger partial charge in [0.2, 0.25) is 0 Å². The number of fused-ring (bicyclic) bond motifs is 1. The van der Waals surface area contributed by atoms with Crippen molar-refractivity contribution in [3.8, 4) is 0 Å². The maximum atomic E-state index is 10.2. The zero-order valence-electron chi connectivity index (χ0n) is 10.2. The topological polar surface area (TPSA) is 33.4 Å². The standard InChI is InChI=1S/C13H13Cl3O2/c1-13(2,3)12(17)9-4-6-10(16)7(14)5-8(15)11(6)18-9/h4-5,12,17H,1-3H3. The van der Waals surface area contributed by atoms with Gasteiger partial charge in [-0.15, -0.1) is 0 Å². The van der Waals surface area contributed by atoms with Crippen LogP contribution in [0.4, 0.5) is 0 Å². The van der Waals surface area contributed by atoms with E-state index >= 15 is 0 Å². The van der Waals surface area contributed by atoms with E-state index in [0.717, 1.165) is 0 Å². The number of aliphatic hydroxyl groups excluding tert-OH is 1. The monoisotopic (exact) mass is 306 g/mol. The quantitative estimate of drug-likeness (QED) is 0.708. The van der Waals surface area contributed by atoms with Crippen molar-refractivity contribution in [3.05, 3.63) is 33.0 Å². The first-order valence-electron chi connectivity index (χ1n) is 5.47. The van der Waals surface area contributed by atoms with Gasteiger partial charge in [-0.25, -0.2) is 0 Å². The number of halogens is 3. The van der Waals surface area contributed by atoms with Gasteiger partial charge < -0.3 is 9.52 Å². The lowest BCUT2D eigenvalue weighted by Crippen LogP contribution is -2.16. The van der Waals surface area contributed by atoms with Crippen LogP contribution in [0.5, 0.6) is 0 Å². The van der Waals surface area contributed by atoms with Gasteiger partial charge in [-0.05, 0) is 17.5 Å². The molecule has 1 atom stereocenters. The van der Waals surface area contributed by atoms with E-state index in [0.29, 0.717) is 31.8 Å². The Kier molecular flexibility index (Phi) is 3.58. The smallest absolute Gasteiger partial charge is 0.154 e. The average molecular weight is 308 g/mol. The van der Waals surface area contributed by atoms with Crippen molar-refractivity contribution < 1.29 is 9.52 Å². The van der Waals surface area contributed by atoms with Crippen LogP contribution < -0.4 is 0 Å². The van der Waals surface area contributed by atoms with Crippen LogP contribution >= 0.6 is 34.8 Å². The molecule has 1 heterocycles. The molecular formula is C13H13Cl3O2. The third-order valence-corrected chi connectivity index (χ3v) is 3.84. The summed E-state index contributed by atoms with van der Waals surface area (Å²) in [5, 5.41) is 11.9. The van der Waals surface area contributed by atoms with Crippen LogP contribution in [0.25, 0.3) is 11.0 Å². The van der Waals surface area contributed by atoms with Crippen molar-refractivity contribution in [2.24, 2.45) is 5.41 Å². The van der Waals surface area contributed by atoms with Gasteiger partial charge in [0.05, 0.1) is 15.1 Å². The highest BCUT2D eigenvalue weighted by Gasteiger charge is 2.28. The lowest BCUT2D eigenvalue weighted by atomic mass is 9.88. The predicted octanol–water partition coefficient (Wildman–Crippen LogP) is 5.47. The van der Waals surface area contributed by atoms with Gasteiger partial charge in [0.15, 0.2) is 5.58 Å². The molecule has 0 saturated heterocycles. The summed E-state index contributed by atoms with van der Waals surface area (Å²) in [6.07, 6.45) is -0.740. The summed E-state index contributed by atoms with van der Waals surface area (Å²) < 4.78 is 5.60. The van der Waals surface area contributed by atoms with E-state index in [2.05, 4.69) is 0 Å². The summed E-state index contributed by atoms with van der Waals surface area (Å²) >= 11 is 18.1. The summed E-state index contributed by atoms with van der Waals surface area (Å²) in [4.78, 5) is 0. The van der Waals surface area contributed by atoms with Gasteiger partial charge in [-0.3, -0.25) is 0 Å². The molecule has 1 aromatic carbocycles. The Morgan fingerprint density at radius 1 is 1.11 bits per heavy atom. The van der Waals surface area contributed by atoms with Crippen LogP contribution in [0.15, 0.2) is 16.5 Å². The highest BCUT2D eigenvalue weighted by molar-refractivity contribution is 6.47. The van der Waals surface area contributed by atoms with Gasteiger partial charge in [-0.2, -0.15) is 0 Å². The summed E-state index contributed by atoms with van der Waals surface area (Å²) in [5.74, 6) is 0.434. The minimum absolute atomic E-state index is 0.337. The molecule has 0 aliphatic heterocycles. The zero-order valence-corrected chi connectivity index (χ0v) is 12.5. The Morgan fingerprint density at radius 2 is 1.72 bits per heavy atom. The molecule has 0 aliphatic carbocycles. The lowest BCUT2D eigenvalue weighted by molar-refractivity contribution is 0.0448. The van der Waals surface area contributed by atoms with Crippen molar-refractivity contribution >= 4 is 45.8 Å². The molecule has 1 N–H and O–H groups in total. The van der Waals surface area contributed by atoms with Crippen molar-refractivity contribution in [2.45, 2.75) is 26.9 Å². The molecule has 2 nitrogen and oxygen atoms in total. The van der Waals surface area contributed by atoms with Crippen LogP contribution in [-0.2, 0) is 0 Å². The highest BCUT2D eigenvalue weighted by Crippen LogP contribution is 2.41. The average Bonchev–Trinajstić information content (AvgIpc) is 2.69. The van der Waals surface area contributed by atoms with Crippen molar-refractivity contribution in [3.63, 3.8) is 0 Å². The Balaban J connectivity index is 2.64. The molecule has 0 bridgehead atoms. The number of hydrogen-bond donors (Lipinski definition) is 1. The first-order valence-corrected chi connectivity index (χ1v) is 6.60. The fourth-order valence-corrected chi connectivity index (χ4v) is 2.39. The maximum absolute atomic E-state index is 10.2. The van der Waals surface area contributed by atoms with Gasteiger partial charge in [-0.1, -0.05) is 55.6 Å². The fraction of sp³-hybridized carbons (Fsp3) is 0.385. The Labute approximate surface area is 120 Å². The van der Waals surface area contributed by atoms with Crippen LogP contribution in [0.2, 0.25) is 15.1 Å². The Hall–Kier alpha value is -0.410. The zero-order chi connectivity index (χ0) is 13.7. The summed E-state index contributed by atoms with van der Waals surface area (Å²) in [5.41, 5.74) is 0.112. The van der Waals surface area contributed by atoms with Gasteiger partial charge in [0.1, 0.15) is 11.9 Å². The van der Waals surface area contributed by atoms with Crippen LogP contribution in [0.3, 0.4) is 0 Å². The normalized spacial score (nSPS) is 14.2. The molecule has 5 heteroatoms. The maximum Gasteiger partial charge on any atom is 0.154 e. The van der Waals surface area contributed by atoms with E-state index in [1.807, 2.05) is 20.8 Å². The van der Waals surface area contributed by atoms with E-state index in [4.69, 9.17) is 39.2 Å². The molecule has 0 amide bonds. The summed E-state index contributed by atoms with van der Waals surface area (Å²) in [7, 11) is 0. The Morgan fingerprint density at radius 3 is 2.28 bits per heavy atom. The third-order valence-electron chi connectivity index (χ3n) is 2.76. The number of benzene rings is 1. The van der Waals surface area contributed by atoms with Crippen LogP contribution in [0, 0.1) is 5.41 Å². The molecule has 1 unspecified atom stereocenters. The van der Waals surface area contributed by atoms with Crippen LogP contribution in [-0.4, -0.2) is 5.11 Å². The largest absolute Gasteiger partial charge is 0.457 e. The van der Waals surface area contributed by atoms with Crippen molar-refractivity contribution in [1.29, 1.82) is 0 Å². The molecule has 2 aromatic rings. The number of hydrogen-bond acceptors (Lipinski definition) is 2. The van der Waals surface area contributed by atoms with E-state index in [1.165, 1.54) is 6.07 Å². The summed E-state index contributed by atoms with van der Waals surface area (Å²) in [6.45, 7) is 5.75. The molecule has 2 rings (SSSR count). The van der Waals surface area contributed by atoms with Gasteiger partial charge in [0.25, 0.3) is 0 Å². The molecule has 0 radical (unpaired) electrons. The summed E-state index contributed by atoms with van der Waals surface area (Å²) in [6, 6.07) is 3.22. The molecule has 0 saturated carbocycles. The molecule has 1 aromatic heterocycles. The van der Waals surface area contributed by atoms with Crippen LogP contribution in [0.1, 0.15) is 32.6 Å². The minimum atomic E-state index is -0.740. The SMILES string of the molecule is CC(C)(C)C(O)c1cc2c(Cl)c(Cl)cc(Cl)c2o1. The second kappa shape index (κ2) is 4.61. The first-order chi connectivity index (χ1) is 8.21. The number of aliphatic hydroxyl groups is 1. The fourth-order valence-electron chi connectivity index (χ4n) is 1.68. The first kappa shape index (κ1) is 14.0. The number of rotatable bonds is 1. The molecule has 0 fully saturated rings. The second-order valence-corrected chi connectivity index (χ2v) is 6.51. The van der Waals surface area contributed by atoms with Crippen molar-refractivity contribution in [2.75, 3.05) is 0 Å². The molecule has 0 spiro atoms. The third kappa shape index (κ3) is 2.35. The predicted molar refractivity (Wildman–Crippen MR) is 75.7 cm³/mol. The minimum Gasteiger partial charge on any atom is -0.457 e. The lowest BCUT2D eigenvalue weighted by Gasteiger charge is -2.23. The molecule has 98 valence electrons. The highest BCUT2D eigenvalue weighted by atomic mass is 35.5. The second-order valence-electron chi connectivity index (χ2n) is 5.31. The van der Waals surface area contributed by atoms with E-state index < -0.39 is 6.10 Å². The van der Waals surface area contributed by atoms with Gasteiger partial charge >= 0.3 is 0 Å². The van der Waals surface area contributed by atoms with E-state index in [1.54, 1.807) is 6.07 Å². The number of furan rings is 1. The Bertz CT molecular complexity index is 596. The van der Waals surface area contributed by atoms with E-state index in [9.17, 15) is 5.11 Å². The van der Waals surface area contributed by atoms with Gasteiger partial charge in [0, 0.05) is 5.39 Å².